The third kappa shape index (κ3) is 2.77. The van der Waals surface area contributed by atoms with Crippen molar-refractivity contribution < 1.29 is 48.3 Å². The zero-order valence-corrected chi connectivity index (χ0v) is 14.8. The first-order valence-corrected chi connectivity index (χ1v) is 7.29. The van der Waals surface area contributed by atoms with Crippen molar-refractivity contribution in [2.45, 2.75) is 26.3 Å². The van der Waals surface area contributed by atoms with Crippen LogP contribution in [-0.4, -0.2) is 56.7 Å². The van der Waals surface area contributed by atoms with Gasteiger partial charge in [0.05, 0.1) is 17.5 Å². The predicted octanol–water partition coefficient (Wildman–Crippen LogP) is -1.79. The summed E-state index contributed by atoms with van der Waals surface area (Å²) in [4.78, 5) is 22.7. The number of alkyl halides is 1. The largest absolute Gasteiger partial charge is 1.00 e. The highest BCUT2D eigenvalue weighted by molar-refractivity contribution is 14.1. The van der Waals surface area contributed by atoms with Crippen LogP contribution in [0.2, 0.25) is 0 Å². The van der Waals surface area contributed by atoms with E-state index in [1.807, 2.05) is 13.8 Å². The summed E-state index contributed by atoms with van der Waals surface area (Å²) in [7, 11) is 0. The summed E-state index contributed by atoms with van der Waals surface area (Å²) >= 11 is 2.22. The van der Waals surface area contributed by atoms with Crippen molar-refractivity contribution in [1.29, 1.82) is 0 Å². The summed E-state index contributed by atoms with van der Waals surface area (Å²) in [5, 5.41) is 18.6. The van der Waals surface area contributed by atoms with E-state index in [1.54, 1.807) is 0 Å². The Bertz CT molecular complexity index is 317. The molecule has 0 aliphatic carbocycles. The lowest BCUT2D eigenvalue weighted by Crippen LogP contribution is -3.00. The van der Waals surface area contributed by atoms with Crippen LogP contribution in [0.3, 0.4) is 0 Å². The molecule has 0 aromatic rings. The molecular formula is C11H19I2NO4. The molecule has 0 amide bonds. The summed E-state index contributed by atoms with van der Waals surface area (Å²) in [5.41, 5.74) is -1.60. The minimum Gasteiger partial charge on any atom is -1.00 e. The highest BCUT2D eigenvalue weighted by Crippen LogP contribution is 2.41. The predicted molar refractivity (Wildman–Crippen MR) is 71.2 cm³/mol. The van der Waals surface area contributed by atoms with Gasteiger partial charge in [0.15, 0.2) is 0 Å². The molecule has 1 rings (SSSR count). The van der Waals surface area contributed by atoms with E-state index in [0.717, 1.165) is 17.5 Å². The van der Waals surface area contributed by atoms with Crippen molar-refractivity contribution in [3.05, 3.63) is 0 Å². The molecule has 1 fully saturated rings. The molecule has 0 bridgehead atoms. The Morgan fingerprint density at radius 3 is 1.94 bits per heavy atom. The van der Waals surface area contributed by atoms with Crippen LogP contribution < -0.4 is 24.0 Å². The number of quaternary nitrogens is 1. The van der Waals surface area contributed by atoms with Crippen molar-refractivity contribution in [1.82, 2.24) is 0 Å². The van der Waals surface area contributed by atoms with E-state index in [1.165, 1.54) is 0 Å². The molecule has 1 saturated heterocycles. The Morgan fingerprint density at radius 1 is 1.28 bits per heavy atom. The van der Waals surface area contributed by atoms with Gasteiger partial charge in [0.25, 0.3) is 0 Å². The fraction of sp³-hybridized carbons (Fsp3) is 0.818. The maximum Gasteiger partial charge on any atom is 0.327 e. The summed E-state index contributed by atoms with van der Waals surface area (Å²) in [6.07, 6.45) is 0.238. The van der Waals surface area contributed by atoms with Crippen LogP contribution in [-0.2, 0) is 9.59 Å². The van der Waals surface area contributed by atoms with E-state index in [4.69, 9.17) is 0 Å². The second-order valence-electron chi connectivity index (χ2n) is 4.71. The zero-order valence-electron chi connectivity index (χ0n) is 10.5. The maximum absolute atomic E-state index is 11.4. The molecular weight excluding hydrogens is 464 g/mol. The normalized spacial score (nSPS) is 24.3. The highest BCUT2D eigenvalue weighted by atomic mass is 127. The van der Waals surface area contributed by atoms with Gasteiger partial charge in [-0.3, -0.25) is 9.59 Å². The molecule has 18 heavy (non-hydrogen) atoms. The van der Waals surface area contributed by atoms with Crippen molar-refractivity contribution in [3.63, 3.8) is 0 Å². The van der Waals surface area contributed by atoms with Crippen LogP contribution in [0.4, 0.5) is 0 Å². The smallest absolute Gasteiger partial charge is 0.327 e. The van der Waals surface area contributed by atoms with E-state index < -0.39 is 17.4 Å². The van der Waals surface area contributed by atoms with Gasteiger partial charge in [-0.1, -0.05) is 22.6 Å². The molecule has 106 valence electrons. The first-order chi connectivity index (χ1) is 7.88. The highest BCUT2D eigenvalue weighted by Gasteiger charge is 2.62. The number of carboxylic acid groups (broad SMARTS) is 2. The van der Waals surface area contributed by atoms with Crippen molar-refractivity contribution >= 4 is 34.5 Å². The van der Waals surface area contributed by atoms with Gasteiger partial charge in [0.1, 0.15) is 12.6 Å². The van der Waals surface area contributed by atoms with Crippen molar-refractivity contribution in [2.75, 3.05) is 24.1 Å². The molecule has 2 N–H and O–H groups in total. The lowest BCUT2D eigenvalue weighted by Gasteiger charge is -2.38. The van der Waals surface area contributed by atoms with Gasteiger partial charge >= 0.3 is 11.9 Å². The second kappa shape index (κ2) is 6.69. The molecule has 1 atom stereocenters. The van der Waals surface area contributed by atoms with Crippen LogP contribution in [0.15, 0.2) is 0 Å². The molecule has 0 spiro atoms. The van der Waals surface area contributed by atoms with Crippen LogP contribution in [0.5, 0.6) is 0 Å². The van der Waals surface area contributed by atoms with Gasteiger partial charge in [-0.05, 0) is 13.8 Å². The lowest BCUT2D eigenvalue weighted by molar-refractivity contribution is -0.934. The monoisotopic (exact) mass is 483 g/mol. The summed E-state index contributed by atoms with van der Waals surface area (Å²) in [6.45, 7) is 5.78. The average molecular weight is 483 g/mol. The Kier molecular flexibility index (Phi) is 6.82. The number of hydrogen-bond acceptors (Lipinski definition) is 2. The van der Waals surface area contributed by atoms with Crippen LogP contribution >= 0.6 is 22.6 Å². The third-order valence-corrected chi connectivity index (χ3v) is 5.22. The van der Waals surface area contributed by atoms with Gasteiger partial charge in [-0.2, -0.15) is 0 Å². The number of nitrogens with zero attached hydrogens (tertiary/aromatic N) is 1. The summed E-state index contributed by atoms with van der Waals surface area (Å²) in [5.74, 6) is -2.39. The Hall–Kier alpha value is 0.360. The minimum absolute atomic E-state index is 0. The van der Waals surface area contributed by atoms with Crippen molar-refractivity contribution in [2.24, 2.45) is 5.41 Å². The molecule has 1 unspecified atom stereocenters. The molecule has 1 aliphatic heterocycles. The fourth-order valence-electron chi connectivity index (χ4n) is 2.89. The summed E-state index contributed by atoms with van der Waals surface area (Å²) < 4.78 is 1.39. The Balaban J connectivity index is 0.00000289. The Labute approximate surface area is 138 Å². The first kappa shape index (κ1) is 18.4. The first-order valence-electron chi connectivity index (χ1n) is 5.77. The van der Waals surface area contributed by atoms with Crippen LogP contribution in [0.25, 0.3) is 0 Å². The lowest BCUT2D eigenvalue weighted by atomic mass is 9.86. The zero-order chi connectivity index (χ0) is 13.3. The number of aliphatic carboxylic acids is 2. The molecule has 0 radical (unpaired) electrons. The van der Waals surface area contributed by atoms with Crippen LogP contribution in [0, 0.1) is 5.41 Å². The molecule has 0 aromatic heterocycles. The quantitative estimate of drug-likeness (QED) is 0.210. The Morgan fingerprint density at radius 2 is 1.72 bits per heavy atom. The fourth-order valence-corrected chi connectivity index (χ4v) is 4.04. The number of likely N-dealkylation sites (tertiary alicyclic amines) is 1. The number of rotatable bonds is 5. The minimum atomic E-state index is -1.60. The van der Waals surface area contributed by atoms with Gasteiger partial charge in [0, 0.05) is 6.42 Å². The maximum atomic E-state index is 11.4. The standard InChI is InChI=1S/C11H18INO4.HI/c1-3-13(4-2)7-11(9(14)15,10(16)17)5-8(13)6-12;/h8H,3-7H2,1-2H3,(H-,14,15,16,17);1H. The molecule has 1 heterocycles. The number of carboxylic acids is 2. The van der Waals surface area contributed by atoms with Gasteiger partial charge in [-0.25, -0.2) is 0 Å². The number of hydrogen-bond donors (Lipinski definition) is 2. The molecule has 1 aliphatic rings. The topological polar surface area (TPSA) is 74.6 Å². The number of carbonyl (C=O) groups is 2. The summed E-state index contributed by atoms with van der Waals surface area (Å²) in [6, 6.07) is 0.123. The van der Waals surface area contributed by atoms with Crippen molar-refractivity contribution in [3.8, 4) is 0 Å². The van der Waals surface area contributed by atoms with E-state index in [9.17, 15) is 19.8 Å². The van der Waals surface area contributed by atoms with Gasteiger partial charge < -0.3 is 38.7 Å². The molecule has 0 saturated carbocycles. The second-order valence-corrected chi connectivity index (χ2v) is 5.59. The van der Waals surface area contributed by atoms with Gasteiger partial charge in [-0.15, -0.1) is 0 Å². The van der Waals surface area contributed by atoms with E-state index in [2.05, 4.69) is 22.6 Å². The van der Waals surface area contributed by atoms with E-state index in [0.29, 0.717) is 4.48 Å². The van der Waals surface area contributed by atoms with E-state index >= 15 is 0 Å². The SMILES string of the molecule is CC[N+]1(CC)CC(C(=O)O)(C(=O)O)CC1CI.[I-]. The molecule has 5 nitrogen and oxygen atoms in total. The van der Waals surface area contributed by atoms with Gasteiger partial charge in [0.2, 0.25) is 5.41 Å². The molecule has 7 heteroatoms. The molecule has 0 aromatic carbocycles. The third-order valence-electron chi connectivity index (χ3n) is 4.20. The average Bonchev–Trinajstić information content (AvgIpc) is 2.65. The van der Waals surface area contributed by atoms with Crippen LogP contribution in [0.1, 0.15) is 20.3 Å². The van der Waals surface area contributed by atoms with E-state index in [-0.39, 0.29) is 43.0 Å². The number of halogens is 2.